The molecule has 0 aromatic carbocycles. The van der Waals surface area contributed by atoms with Gasteiger partial charge in [-0.1, -0.05) is 13.8 Å². The van der Waals surface area contributed by atoms with Crippen molar-refractivity contribution in [1.29, 1.82) is 0 Å². The summed E-state index contributed by atoms with van der Waals surface area (Å²) in [6.45, 7) is 4.68. The molecule has 2 aromatic heterocycles. The number of H-pyrrole nitrogens is 1. The van der Waals surface area contributed by atoms with Gasteiger partial charge in [0.05, 0.1) is 6.04 Å². The molecule has 26 heavy (non-hydrogen) atoms. The Morgan fingerprint density at radius 1 is 1.31 bits per heavy atom. The largest absolute Gasteiger partial charge is 0.363 e. The van der Waals surface area contributed by atoms with Gasteiger partial charge in [-0.3, -0.25) is 9.59 Å². The molecule has 0 spiro atoms. The lowest BCUT2D eigenvalue weighted by atomic mass is 10.0. The number of pyridine rings is 2. The molecule has 1 N–H and O–H groups in total. The Morgan fingerprint density at radius 3 is 2.73 bits per heavy atom. The van der Waals surface area contributed by atoms with Crippen molar-refractivity contribution in [3.63, 3.8) is 0 Å². The molecular weight excluding hydrogens is 328 g/mol. The van der Waals surface area contributed by atoms with E-state index in [-0.39, 0.29) is 29.0 Å². The minimum atomic E-state index is -0.310. The summed E-state index contributed by atoms with van der Waals surface area (Å²) in [5.41, 5.74) is 1.80. The average molecular weight is 354 g/mol. The minimum absolute atomic E-state index is 0.0200. The maximum Gasteiger partial charge on any atom is 0.261 e. The van der Waals surface area contributed by atoms with E-state index in [1.54, 1.807) is 12.3 Å². The number of rotatable bonds is 4. The number of carbonyl (C=O) groups excluding carboxylic acids is 1. The van der Waals surface area contributed by atoms with E-state index in [0.717, 1.165) is 29.9 Å². The predicted molar refractivity (Wildman–Crippen MR) is 103 cm³/mol. The first kappa shape index (κ1) is 18.2. The number of hydrogen-bond acceptors (Lipinski definition) is 4. The van der Waals surface area contributed by atoms with Gasteiger partial charge in [-0.05, 0) is 48.6 Å². The number of aromatic amines is 1. The fourth-order valence-corrected chi connectivity index (χ4v) is 3.39. The Hall–Kier alpha value is -2.63. The fraction of sp³-hybridized carbons (Fsp3) is 0.450. The Balaban J connectivity index is 1.90. The molecule has 1 amide bonds. The second kappa shape index (κ2) is 7.32. The van der Waals surface area contributed by atoms with Gasteiger partial charge in [-0.2, -0.15) is 0 Å². The lowest BCUT2D eigenvalue weighted by Crippen LogP contribution is -2.34. The molecule has 6 heteroatoms. The average Bonchev–Trinajstić information content (AvgIpc) is 3.10. The van der Waals surface area contributed by atoms with Crippen molar-refractivity contribution in [2.24, 2.45) is 0 Å². The van der Waals surface area contributed by atoms with Crippen LogP contribution in [0.5, 0.6) is 0 Å². The summed E-state index contributed by atoms with van der Waals surface area (Å²) in [7, 11) is 3.89. The number of anilines is 1. The van der Waals surface area contributed by atoms with Gasteiger partial charge in [0.15, 0.2) is 0 Å². The second-order valence-electron chi connectivity index (χ2n) is 7.31. The highest BCUT2D eigenvalue weighted by Crippen LogP contribution is 2.33. The molecule has 1 fully saturated rings. The van der Waals surface area contributed by atoms with Crippen LogP contribution in [0.4, 0.5) is 5.82 Å². The maximum absolute atomic E-state index is 13.0. The van der Waals surface area contributed by atoms with Gasteiger partial charge < -0.3 is 14.8 Å². The van der Waals surface area contributed by atoms with Crippen LogP contribution in [0, 0.1) is 0 Å². The number of carbonyl (C=O) groups is 1. The van der Waals surface area contributed by atoms with Gasteiger partial charge in [0, 0.05) is 32.5 Å². The molecular formula is C20H26N4O2. The van der Waals surface area contributed by atoms with Crippen molar-refractivity contribution in [2.45, 2.75) is 38.6 Å². The van der Waals surface area contributed by atoms with Crippen molar-refractivity contribution >= 4 is 11.7 Å². The molecule has 138 valence electrons. The van der Waals surface area contributed by atoms with Gasteiger partial charge in [0.25, 0.3) is 11.5 Å². The highest BCUT2D eigenvalue weighted by molar-refractivity contribution is 5.94. The Bertz CT molecular complexity index is 857. The van der Waals surface area contributed by atoms with Gasteiger partial charge >= 0.3 is 0 Å². The molecule has 1 atom stereocenters. The first-order chi connectivity index (χ1) is 12.4. The zero-order valence-corrected chi connectivity index (χ0v) is 15.8. The van der Waals surface area contributed by atoms with E-state index < -0.39 is 0 Å². The maximum atomic E-state index is 13.0. The zero-order chi connectivity index (χ0) is 18.8. The Morgan fingerprint density at radius 2 is 2.08 bits per heavy atom. The summed E-state index contributed by atoms with van der Waals surface area (Å²) >= 11 is 0. The smallest absolute Gasteiger partial charge is 0.261 e. The van der Waals surface area contributed by atoms with Crippen LogP contribution in [0.3, 0.4) is 0 Å². The second-order valence-corrected chi connectivity index (χ2v) is 7.31. The molecule has 0 aliphatic carbocycles. The molecule has 3 heterocycles. The topological polar surface area (TPSA) is 69.3 Å². The molecule has 0 bridgehead atoms. The summed E-state index contributed by atoms with van der Waals surface area (Å²) in [6.07, 6.45) is 3.60. The summed E-state index contributed by atoms with van der Waals surface area (Å²) in [5.74, 6) is 0.876. The SMILES string of the molecule is CC(C)c1ccc(C(=O)N2CCC[C@H]2c2ccnc(N(C)C)c2)c(=O)[nH]1. The number of nitrogens with one attached hydrogen (secondary N) is 1. The first-order valence-corrected chi connectivity index (χ1v) is 9.06. The quantitative estimate of drug-likeness (QED) is 0.916. The van der Waals surface area contributed by atoms with Gasteiger partial charge in [-0.25, -0.2) is 4.98 Å². The molecule has 1 saturated heterocycles. The molecule has 0 unspecified atom stereocenters. The fourth-order valence-electron chi connectivity index (χ4n) is 3.39. The summed E-state index contributed by atoms with van der Waals surface area (Å²) in [6, 6.07) is 7.44. The van der Waals surface area contributed by atoms with Crippen LogP contribution < -0.4 is 10.5 Å². The van der Waals surface area contributed by atoms with E-state index in [0.29, 0.717) is 6.54 Å². The molecule has 1 aliphatic heterocycles. The van der Waals surface area contributed by atoms with Crippen LogP contribution in [-0.4, -0.2) is 41.4 Å². The first-order valence-electron chi connectivity index (χ1n) is 9.06. The molecule has 1 aliphatic rings. The van der Waals surface area contributed by atoms with Gasteiger partial charge in [-0.15, -0.1) is 0 Å². The molecule has 0 saturated carbocycles. The number of nitrogens with zero attached hydrogens (tertiary/aromatic N) is 3. The number of likely N-dealkylation sites (tertiary alicyclic amines) is 1. The third-order valence-electron chi connectivity index (χ3n) is 4.91. The van der Waals surface area contributed by atoms with Crippen LogP contribution in [-0.2, 0) is 0 Å². The monoisotopic (exact) mass is 354 g/mol. The predicted octanol–water partition coefficient (Wildman–Crippen LogP) is 2.94. The Labute approximate surface area is 153 Å². The third kappa shape index (κ3) is 3.49. The standard InChI is InChI=1S/C20H26N4O2/c1-13(2)16-8-7-15(19(25)22-16)20(26)24-11-5-6-17(24)14-9-10-21-18(12-14)23(3)4/h7-10,12-13,17H,5-6,11H2,1-4H3,(H,22,25)/t17-/m0/s1. The normalized spacial score (nSPS) is 17.0. The molecule has 6 nitrogen and oxygen atoms in total. The van der Waals surface area contributed by atoms with Crippen molar-refractivity contribution < 1.29 is 4.79 Å². The zero-order valence-electron chi connectivity index (χ0n) is 15.8. The van der Waals surface area contributed by atoms with E-state index in [1.807, 2.05) is 55.9 Å². The van der Waals surface area contributed by atoms with E-state index in [1.165, 1.54) is 0 Å². The number of aromatic nitrogens is 2. The van der Waals surface area contributed by atoms with Crippen molar-refractivity contribution in [1.82, 2.24) is 14.9 Å². The number of hydrogen-bond donors (Lipinski definition) is 1. The van der Waals surface area contributed by atoms with Crippen molar-refractivity contribution in [3.05, 3.63) is 57.6 Å². The number of amides is 1. The summed E-state index contributed by atoms with van der Waals surface area (Å²) < 4.78 is 0. The highest BCUT2D eigenvalue weighted by atomic mass is 16.2. The van der Waals surface area contributed by atoms with E-state index in [2.05, 4.69) is 9.97 Å². The van der Waals surface area contributed by atoms with E-state index >= 15 is 0 Å². The van der Waals surface area contributed by atoms with Crippen LogP contribution in [0.2, 0.25) is 0 Å². The molecule has 2 aromatic rings. The van der Waals surface area contributed by atoms with E-state index in [4.69, 9.17) is 0 Å². The third-order valence-corrected chi connectivity index (χ3v) is 4.91. The lowest BCUT2D eigenvalue weighted by molar-refractivity contribution is 0.0733. The van der Waals surface area contributed by atoms with Gasteiger partial charge in [0.1, 0.15) is 11.4 Å². The van der Waals surface area contributed by atoms with Crippen LogP contribution in [0.1, 0.15) is 60.3 Å². The summed E-state index contributed by atoms with van der Waals surface area (Å²) in [5, 5.41) is 0. The summed E-state index contributed by atoms with van der Waals surface area (Å²) in [4.78, 5) is 36.4. The Kier molecular flexibility index (Phi) is 5.11. The highest BCUT2D eigenvalue weighted by Gasteiger charge is 2.32. The van der Waals surface area contributed by atoms with Crippen molar-refractivity contribution in [3.8, 4) is 0 Å². The molecule has 0 radical (unpaired) electrons. The van der Waals surface area contributed by atoms with E-state index in [9.17, 15) is 9.59 Å². The van der Waals surface area contributed by atoms with Gasteiger partial charge in [0.2, 0.25) is 0 Å². The lowest BCUT2D eigenvalue weighted by Gasteiger charge is -2.25. The molecule has 3 rings (SSSR count). The van der Waals surface area contributed by atoms with Crippen LogP contribution in [0.15, 0.2) is 35.3 Å². The minimum Gasteiger partial charge on any atom is -0.363 e. The van der Waals surface area contributed by atoms with Crippen molar-refractivity contribution in [2.75, 3.05) is 25.5 Å². The van der Waals surface area contributed by atoms with Crippen LogP contribution in [0.25, 0.3) is 0 Å². The van der Waals surface area contributed by atoms with Crippen LogP contribution >= 0.6 is 0 Å².